The number of likely N-dealkylation sites (N-methyl/N-ethyl adjacent to an activating group) is 1. The van der Waals surface area contributed by atoms with Crippen LogP contribution >= 0.6 is 11.8 Å². The maximum absolute atomic E-state index is 11.1. The molecule has 1 amide bonds. The van der Waals surface area contributed by atoms with Gasteiger partial charge in [-0.1, -0.05) is 6.08 Å². The highest BCUT2D eigenvalue weighted by Crippen LogP contribution is 1.97. The Hall–Kier alpha value is -0.480. The molecule has 0 aliphatic heterocycles. The van der Waals surface area contributed by atoms with Crippen molar-refractivity contribution in [3.05, 3.63) is 12.7 Å². The lowest BCUT2D eigenvalue weighted by Gasteiger charge is -2.09. The highest BCUT2D eigenvalue weighted by molar-refractivity contribution is 8.00. The summed E-state index contributed by atoms with van der Waals surface area (Å²) >= 11 is 1.58. The lowest BCUT2D eigenvalue weighted by atomic mass is 10.5. The van der Waals surface area contributed by atoms with E-state index in [0.717, 1.165) is 18.8 Å². The molecule has 4 heteroatoms. The summed E-state index contributed by atoms with van der Waals surface area (Å²) < 4.78 is 0. The second-order valence-corrected chi connectivity index (χ2v) is 3.99. The first-order chi connectivity index (χ1) is 6.16. The molecule has 0 fully saturated rings. The fourth-order valence-corrected chi connectivity index (χ4v) is 1.28. The second kappa shape index (κ2) is 8.13. The molecular formula is C9H18N2OS. The Labute approximate surface area is 84.6 Å². The third-order valence-corrected chi connectivity index (χ3v) is 2.29. The molecule has 0 rings (SSSR count). The summed E-state index contributed by atoms with van der Waals surface area (Å²) in [5.74, 6) is 1.47. The standard InChI is InChI=1S/C9H18N2OS/c1-4-7-13-8-9(12)10-5-6-11(2)3/h4H,1,5-8H2,2-3H3,(H,10,12). The molecule has 0 radical (unpaired) electrons. The van der Waals surface area contributed by atoms with Gasteiger partial charge in [-0.25, -0.2) is 0 Å². The minimum absolute atomic E-state index is 0.105. The van der Waals surface area contributed by atoms with Crippen LogP contribution in [0.5, 0.6) is 0 Å². The van der Waals surface area contributed by atoms with Crippen molar-refractivity contribution in [2.75, 3.05) is 38.7 Å². The Morgan fingerprint density at radius 1 is 1.62 bits per heavy atom. The van der Waals surface area contributed by atoms with Crippen LogP contribution in [0.4, 0.5) is 0 Å². The molecule has 0 aromatic rings. The fourth-order valence-electron chi connectivity index (χ4n) is 0.705. The third kappa shape index (κ3) is 9.43. The van der Waals surface area contributed by atoms with Gasteiger partial charge >= 0.3 is 0 Å². The van der Waals surface area contributed by atoms with E-state index in [1.54, 1.807) is 17.8 Å². The van der Waals surface area contributed by atoms with Gasteiger partial charge in [-0.15, -0.1) is 18.3 Å². The van der Waals surface area contributed by atoms with Crippen molar-refractivity contribution in [2.24, 2.45) is 0 Å². The van der Waals surface area contributed by atoms with Gasteiger partial charge in [0.15, 0.2) is 0 Å². The van der Waals surface area contributed by atoms with Gasteiger partial charge in [0, 0.05) is 18.8 Å². The normalized spacial score (nSPS) is 10.1. The zero-order valence-corrected chi connectivity index (χ0v) is 9.19. The summed E-state index contributed by atoms with van der Waals surface area (Å²) in [7, 11) is 3.97. The first-order valence-corrected chi connectivity index (χ1v) is 5.42. The lowest BCUT2D eigenvalue weighted by molar-refractivity contribution is -0.118. The Bertz CT molecular complexity index is 160. The minimum Gasteiger partial charge on any atom is -0.354 e. The number of nitrogens with zero attached hydrogens (tertiary/aromatic N) is 1. The molecule has 0 saturated heterocycles. The SMILES string of the molecule is C=CCSCC(=O)NCCN(C)C. The van der Waals surface area contributed by atoms with Crippen LogP contribution in [-0.2, 0) is 4.79 Å². The summed E-state index contributed by atoms with van der Waals surface area (Å²) in [5, 5.41) is 2.84. The summed E-state index contributed by atoms with van der Waals surface area (Å²) in [6.45, 7) is 5.19. The van der Waals surface area contributed by atoms with E-state index < -0.39 is 0 Å². The van der Waals surface area contributed by atoms with Crippen LogP contribution in [-0.4, -0.2) is 49.5 Å². The quantitative estimate of drug-likeness (QED) is 0.484. The smallest absolute Gasteiger partial charge is 0.230 e. The summed E-state index contributed by atoms with van der Waals surface area (Å²) in [4.78, 5) is 13.2. The van der Waals surface area contributed by atoms with Crippen LogP contribution < -0.4 is 5.32 Å². The lowest BCUT2D eigenvalue weighted by Crippen LogP contribution is -2.32. The van der Waals surface area contributed by atoms with E-state index in [-0.39, 0.29) is 5.91 Å². The predicted molar refractivity (Wildman–Crippen MR) is 59.1 cm³/mol. The number of rotatable bonds is 7. The van der Waals surface area contributed by atoms with E-state index in [2.05, 4.69) is 11.9 Å². The zero-order valence-electron chi connectivity index (χ0n) is 8.38. The Morgan fingerprint density at radius 3 is 2.85 bits per heavy atom. The van der Waals surface area contributed by atoms with Crippen LogP contribution in [0.2, 0.25) is 0 Å². The largest absolute Gasteiger partial charge is 0.354 e. The highest BCUT2D eigenvalue weighted by Gasteiger charge is 1.99. The van der Waals surface area contributed by atoms with Crippen molar-refractivity contribution in [1.82, 2.24) is 10.2 Å². The molecule has 0 aromatic heterocycles. The zero-order chi connectivity index (χ0) is 10.1. The molecule has 0 aliphatic carbocycles. The first-order valence-electron chi connectivity index (χ1n) is 4.27. The molecule has 0 spiro atoms. The summed E-state index contributed by atoms with van der Waals surface area (Å²) in [5.41, 5.74) is 0. The maximum atomic E-state index is 11.1. The topological polar surface area (TPSA) is 32.3 Å². The van der Waals surface area contributed by atoms with Crippen molar-refractivity contribution in [3.63, 3.8) is 0 Å². The highest BCUT2D eigenvalue weighted by atomic mass is 32.2. The summed E-state index contributed by atoms with van der Waals surface area (Å²) in [6.07, 6.45) is 1.80. The van der Waals surface area contributed by atoms with Gasteiger partial charge in [0.05, 0.1) is 5.75 Å². The van der Waals surface area contributed by atoms with E-state index in [1.165, 1.54) is 0 Å². The van der Waals surface area contributed by atoms with Gasteiger partial charge < -0.3 is 10.2 Å². The number of hydrogen-bond acceptors (Lipinski definition) is 3. The maximum Gasteiger partial charge on any atom is 0.230 e. The van der Waals surface area contributed by atoms with Gasteiger partial charge in [-0.3, -0.25) is 4.79 Å². The number of carbonyl (C=O) groups excluding carboxylic acids is 1. The monoisotopic (exact) mass is 202 g/mol. The minimum atomic E-state index is 0.105. The molecule has 1 N–H and O–H groups in total. The Balaban J connectivity index is 3.25. The average Bonchev–Trinajstić information content (AvgIpc) is 2.04. The summed E-state index contributed by atoms with van der Waals surface area (Å²) in [6, 6.07) is 0. The number of nitrogens with one attached hydrogen (secondary N) is 1. The molecule has 0 saturated carbocycles. The van der Waals surface area contributed by atoms with Crippen molar-refractivity contribution in [1.29, 1.82) is 0 Å². The third-order valence-electron chi connectivity index (χ3n) is 1.35. The molecule has 76 valence electrons. The van der Waals surface area contributed by atoms with Gasteiger partial charge in [-0.05, 0) is 14.1 Å². The van der Waals surface area contributed by atoms with Crippen molar-refractivity contribution in [3.8, 4) is 0 Å². The van der Waals surface area contributed by atoms with Crippen LogP contribution in [0.15, 0.2) is 12.7 Å². The molecule has 0 aliphatic rings. The fraction of sp³-hybridized carbons (Fsp3) is 0.667. The number of hydrogen-bond donors (Lipinski definition) is 1. The van der Waals surface area contributed by atoms with E-state index in [1.807, 2.05) is 19.0 Å². The molecule has 0 unspecified atom stereocenters. The van der Waals surface area contributed by atoms with Crippen LogP contribution in [0.3, 0.4) is 0 Å². The van der Waals surface area contributed by atoms with Crippen molar-refractivity contribution >= 4 is 17.7 Å². The first kappa shape index (κ1) is 12.5. The van der Waals surface area contributed by atoms with Crippen LogP contribution in [0.1, 0.15) is 0 Å². The van der Waals surface area contributed by atoms with Gasteiger partial charge in [0.25, 0.3) is 0 Å². The Kier molecular flexibility index (Phi) is 7.83. The van der Waals surface area contributed by atoms with E-state index in [4.69, 9.17) is 0 Å². The predicted octanol–water partition coefficient (Wildman–Crippen LogP) is 0.583. The molecule has 0 aromatic carbocycles. The van der Waals surface area contributed by atoms with Crippen molar-refractivity contribution < 1.29 is 4.79 Å². The second-order valence-electron chi connectivity index (χ2n) is 2.96. The van der Waals surface area contributed by atoms with Crippen molar-refractivity contribution in [2.45, 2.75) is 0 Å². The Morgan fingerprint density at radius 2 is 2.31 bits per heavy atom. The number of thioether (sulfide) groups is 1. The number of amides is 1. The van der Waals surface area contributed by atoms with Gasteiger partial charge in [-0.2, -0.15) is 0 Å². The number of carbonyl (C=O) groups is 1. The van der Waals surface area contributed by atoms with Crippen LogP contribution in [0, 0.1) is 0 Å². The molecule has 0 bridgehead atoms. The molecule has 3 nitrogen and oxygen atoms in total. The van der Waals surface area contributed by atoms with Gasteiger partial charge in [0.2, 0.25) is 5.91 Å². The van der Waals surface area contributed by atoms with Crippen LogP contribution in [0.25, 0.3) is 0 Å². The molecule has 0 heterocycles. The molecule has 0 atom stereocenters. The van der Waals surface area contributed by atoms with E-state index in [0.29, 0.717) is 5.75 Å². The van der Waals surface area contributed by atoms with Gasteiger partial charge in [0.1, 0.15) is 0 Å². The molecular weight excluding hydrogens is 184 g/mol. The molecule has 13 heavy (non-hydrogen) atoms. The average molecular weight is 202 g/mol. The van der Waals surface area contributed by atoms with E-state index >= 15 is 0 Å². The van der Waals surface area contributed by atoms with E-state index in [9.17, 15) is 4.79 Å².